The fourth-order valence-electron chi connectivity index (χ4n) is 17.8. The molecule has 0 saturated heterocycles. The SMILES string of the molecule is Cc1cc2c(cc1C)B1c3cc(C)c(C)cc3Oc3cc(N(c4ccccc4)c4ccccc4)cc(c31)O2.Cc1cccc(C)c1N(c1cc2c3c(c1)Oc1ccccc1B3c1ccccc1O2)c1c(C)cccc1C.c1ccc(-c2ccc3c(c2)Oc2cc(-c4ccccc4)cc4c2B3c2ccc(-c3ccccc3)cc2O4)cc1. The first-order chi connectivity index (χ1) is 56.3. The summed E-state index contributed by atoms with van der Waals surface area (Å²) in [6, 6.07) is 117. The molecule has 6 aliphatic heterocycles. The Morgan fingerprint density at radius 1 is 0.174 bits per heavy atom. The van der Waals surface area contributed by atoms with Crippen LogP contribution in [-0.2, 0) is 0 Å². The average molecular weight is 1490 g/mol. The molecule has 16 aromatic rings. The summed E-state index contributed by atoms with van der Waals surface area (Å²) >= 11 is 0. The second-order valence-corrected chi connectivity index (χ2v) is 31.0. The number of hydrogen-bond donors (Lipinski definition) is 0. The third-order valence-corrected chi connectivity index (χ3v) is 23.6. The van der Waals surface area contributed by atoms with Crippen molar-refractivity contribution in [1.82, 2.24) is 0 Å². The summed E-state index contributed by atoms with van der Waals surface area (Å²) in [5, 5.41) is 0. The fraction of sp³-hybridized carbons (Fsp3) is 0.0769. The van der Waals surface area contributed by atoms with Crippen molar-refractivity contribution < 1.29 is 28.4 Å². The van der Waals surface area contributed by atoms with Crippen LogP contribution in [0.1, 0.15) is 44.5 Å². The Kier molecular flexibility index (Phi) is 17.5. The van der Waals surface area contributed by atoms with Crippen molar-refractivity contribution in [2.45, 2.75) is 55.4 Å². The molecule has 11 heteroatoms. The van der Waals surface area contributed by atoms with Crippen molar-refractivity contribution in [3.8, 4) is 102 Å². The van der Waals surface area contributed by atoms with E-state index in [0.717, 1.165) is 141 Å². The van der Waals surface area contributed by atoms with Gasteiger partial charge in [0, 0.05) is 52.0 Å². The summed E-state index contributed by atoms with van der Waals surface area (Å²) in [5.41, 5.74) is 33.6. The second-order valence-electron chi connectivity index (χ2n) is 31.0. The summed E-state index contributed by atoms with van der Waals surface area (Å²) in [7, 11) is 0. The summed E-state index contributed by atoms with van der Waals surface area (Å²) in [5.74, 6) is 10.5. The minimum Gasteiger partial charge on any atom is -0.458 e. The highest BCUT2D eigenvalue weighted by Crippen LogP contribution is 2.49. The normalized spacial score (nSPS) is 12.5. The van der Waals surface area contributed by atoms with Gasteiger partial charge in [-0.3, -0.25) is 0 Å². The number of nitrogens with zero attached hydrogens (tertiary/aromatic N) is 2. The van der Waals surface area contributed by atoms with Gasteiger partial charge in [0.15, 0.2) is 0 Å². The predicted molar refractivity (Wildman–Crippen MR) is 476 cm³/mol. The van der Waals surface area contributed by atoms with E-state index >= 15 is 0 Å². The number of aryl methyl sites for hydroxylation is 8. The maximum absolute atomic E-state index is 6.68. The van der Waals surface area contributed by atoms with Crippen LogP contribution in [0.4, 0.5) is 34.1 Å². The fourth-order valence-corrected chi connectivity index (χ4v) is 17.8. The summed E-state index contributed by atoms with van der Waals surface area (Å²) in [6.07, 6.45) is 0. The van der Waals surface area contributed by atoms with Crippen molar-refractivity contribution in [2.75, 3.05) is 9.80 Å². The Morgan fingerprint density at radius 3 is 0.835 bits per heavy atom. The van der Waals surface area contributed by atoms with E-state index in [1.165, 1.54) is 88.9 Å². The molecular weight excluding hydrogens is 1410 g/mol. The minimum absolute atomic E-state index is 0.0296. The van der Waals surface area contributed by atoms with Gasteiger partial charge in [-0.15, -0.1) is 0 Å². The number of hydrogen-bond acceptors (Lipinski definition) is 8. The predicted octanol–water partition coefficient (Wildman–Crippen LogP) is 21.7. The van der Waals surface area contributed by atoms with Crippen LogP contribution in [0.3, 0.4) is 0 Å². The van der Waals surface area contributed by atoms with Crippen LogP contribution < -0.4 is 87.4 Å². The molecule has 0 fully saturated rings. The first-order valence-corrected chi connectivity index (χ1v) is 39.6. The Bertz CT molecular complexity index is 6160. The van der Waals surface area contributed by atoms with Crippen molar-refractivity contribution >= 4 is 103 Å². The number of ether oxygens (including phenoxy) is 6. The molecule has 0 saturated carbocycles. The molecule has 550 valence electrons. The van der Waals surface area contributed by atoms with Crippen LogP contribution >= 0.6 is 0 Å². The number of fused-ring (bicyclic) bond motifs is 12. The summed E-state index contributed by atoms with van der Waals surface area (Å²) in [6.45, 7) is 17.5. The zero-order valence-corrected chi connectivity index (χ0v) is 65.3. The third kappa shape index (κ3) is 12.5. The van der Waals surface area contributed by atoms with Crippen LogP contribution in [0, 0.1) is 55.4 Å². The molecule has 22 rings (SSSR count). The van der Waals surface area contributed by atoms with Gasteiger partial charge in [0.1, 0.15) is 69.0 Å². The van der Waals surface area contributed by atoms with Gasteiger partial charge < -0.3 is 38.2 Å². The Balaban J connectivity index is 0.000000112. The molecule has 0 aromatic heterocycles. The molecule has 6 heterocycles. The number of rotatable bonds is 9. The van der Waals surface area contributed by atoms with Gasteiger partial charge in [-0.25, -0.2) is 0 Å². The molecule has 0 atom stereocenters. The highest BCUT2D eigenvalue weighted by molar-refractivity contribution is 6.99. The van der Waals surface area contributed by atoms with Crippen molar-refractivity contribution in [1.29, 1.82) is 0 Å². The van der Waals surface area contributed by atoms with E-state index in [1.54, 1.807) is 0 Å². The number of benzene rings is 16. The molecule has 0 bridgehead atoms. The highest BCUT2D eigenvalue weighted by Gasteiger charge is 2.45. The molecule has 115 heavy (non-hydrogen) atoms. The van der Waals surface area contributed by atoms with Crippen LogP contribution in [0.2, 0.25) is 0 Å². The van der Waals surface area contributed by atoms with Gasteiger partial charge >= 0.3 is 0 Å². The highest BCUT2D eigenvalue weighted by atomic mass is 16.5. The topological polar surface area (TPSA) is 61.9 Å². The van der Waals surface area contributed by atoms with Gasteiger partial charge in [-0.05, 0) is 239 Å². The molecule has 0 amide bonds. The lowest BCUT2D eigenvalue weighted by Gasteiger charge is -2.36. The van der Waals surface area contributed by atoms with E-state index < -0.39 is 0 Å². The van der Waals surface area contributed by atoms with Gasteiger partial charge in [0.05, 0.1) is 22.7 Å². The second kappa shape index (κ2) is 28.7. The number of para-hydroxylation sites is 6. The quantitative estimate of drug-likeness (QED) is 0.133. The lowest BCUT2D eigenvalue weighted by Crippen LogP contribution is -2.57. The molecule has 0 aliphatic carbocycles. The molecule has 6 aliphatic rings. The Labute approximate surface area is 673 Å². The molecule has 0 spiro atoms. The van der Waals surface area contributed by atoms with E-state index in [4.69, 9.17) is 28.4 Å². The lowest BCUT2D eigenvalue weighted by atomic mass is 9.34. The van der Waals surface area contributed by atoms with Crippen LogP contribution in [0.5, 0.6) is 69.0 Å². The third-order valence-electron chi connectivity index (χ3n) is 23.6. The van der Waals surface area contributed by atoms with Crippen molar-refractivity contribution in [2.24, 2.45) is 0 Å². The Hall–Kier alpha value is -13.9. The summed E-state index contributed by atoms with van der Waals surface area (Å²) < 4.78 is 40.0. The largest absolute Gasteiger partial charge is 0.458 e. The van der Waals surface area contributed by atoms with Gasteiger partial charge in [-0.1, -0.05) is 237 Å². The molecule has 16 aromatic carbocycles. The molecule has 0 unspecified atom stereocenters. The zero-order valence-electron chi connectivity index (χ0n) is 65.3. The molecule has 8 nitrogen and oxygen atoms in total. The average Bonchev–Trinajstić information content (AvgIpc) is 0.727. The van der Waals surface area contributed by atoms with E-state index in [9.17, 15) is 0 Å². The van der Waals surface area contributed by atoms with Crippen molar-refractivity contribution in [3.63, 3.8) is 0 Å². The van der Waals surface area contributed by atoms with Gasteiger partial charge in [-0.2, -0.15) is 0 Å². The zero-order chi connectivity index (χ0) is 77.7. The van der Waals surface area contributed by atoms with Crippen LogP contribution in [0.25, 0.3) is 33.4 Å². The lowest BCUT2D eigenvalue weighted by molar-refractivity contribution is 0.464. The number of anilines is 6. The molecular formula is C104H79B3N2O6. The first kappa shape index (κ1) is 70.2. The van der Waals surface area contributed by atoms with E-state index in [-0.39, 0.29) is 20.1 Å². The molecule has 0 N–H and O–H groups in total. The Morgan fingerprint density at radius 2 is 0.452 bits per heavy atom. The maximum Gasteiger partial charge on any atom is 0.260 e. The molecule has 0 radical (unpaired) electrons. The maximum atomic E-state index is 6.68. The summed E-state index contributed by atoms with van der Waals surface area (Å²) in [4.78, 5) is 4.64. The standard InChI is InChI=1S/C36H23BO2.2C34H28BNO2/c1-4-10-24(11-5-1)27-16-18-30-32(20-27)38-34-22-29(26-14-8-3-9-15-26)23-35-36(34)37(30)31-19-17-28(21-33(31)39-35)25-12-6-2-7-13-25;1-21-11-9-12-22(2)33(21)36(34-23(3)13-10-14-24(34)4)25-19-30-32-31(20-25)38-29-18-8-6-16-27(29)35(32)26-15-5-7-17-28(26)37-30;1-21-15-28-30(17-23(21)3)37-32-19-27(36(25-11-7-5-8-12-25)26-13-9-6-10-14-26)20-33-34(32)35(28)29-16-22(2)24(4)18-31(29)38-33/h1-23H;2*5-20H,1-4H3. The van der Waals surface area contributed by atoms with Crippen LogP contribution in [0.15, 0.2) is 334 Å². The monoisotopic (exact) mass is 1480 g/mol. The minimum atomic E-state index is 0.0296. The van der Waals surface area contributed by atoms with E-state index in [1.807, 2.05) is 42.5 Å². The van der Waals surface area contributed by atoms with Crippen LogP contribution in [-0.4, -0.2) is 20.1 Å². The van der Waals surface area contributed by atoms with Gasteiger partial charge in [0.25, 0.3) is 20.1 Å². The van der Waals surface area contributed by atoms with Gasteiger partial charge in [0.2, 0.25) is 0 Å². The van der Waals surface area contributed by atoms with Crippen molar-refractivity contribution in [3.05, 3.63) is 378 Å². The van der Waals surface area contributed by atoms with E-state index in [2.05, 4.69) is 356 Å². The first-order valence-electron chi connectivity index (χ1n) is 39.6. The smallest absolute Gasteiger partial charge is 0.260 e. The van der Waals surface area contributed by atoms with E-state index in [0.29, 0.717) is 0 Å².